The molecule has 1 N–H and O–H groups in total. The second-order valence-electron chi connectivity index (χ2n) is 8.71. The van der Waals surface area contributed by atoms with Gasteiger partial charge in [-0.1, -0.05) is 48.4 Å². The van der Waals surface area contributed by atoms with Gasteiger partial charge in [0, 0.05) is 26.1 Å². The monoisotopic (exact) mass is 457 g/mol. The number of nitrogens with one attached hydrogen (secondary N) is 1. The molecule has 0 saturated carbocycles. The van der Waals surface area contributed by atoms with Gasteiger partial charge in [0.15, 0.2) is 0 Å². The summed E-state index contributed by atoms with van der Waals surface area (Å²) in [7, 11) is -3.40. The van der Waals surface area contributed by atoms with E-state index in [0.29, 0.717) is 18.7 Å². The third-order valence-corrected chi connectivity index (χ3v) is 7.02. The van der Waals surface area contributed by atoms with Crippen LogP contribution in [0.3, 0.4) is 0 Å². The van der Waals surface area contributed by atoms with Crippen molar-refractivity contribution in [2.45, 2.75) is 52.1 Å². The van der Waals surface area contributed by atoms with Gasteiger partial charge in [0.05, 0.1) is 11.9 Å². The van der Waals surface area contributed by atoms with Gasteiger partial charge in [0.1, 0.15) is 0 Å². The number of hydrogen-bond donors (Lipinski definition) is 1. The molecule has 1 aliphatic heterocycles. The molecule has 0 bridgehead atoms. The summed E-state index contributed by atoms with van der Waals surface area (Å²) >= 11 is 0. The molecule has 2 aromatic carbocycles. The standard InChI is InChI=1S/C25H35N3O3S/c1-21-11-13-24(14-12-21)28(32(2,30)31)17-7-10-25(29)26-19-22-8-6-9-23(18-22)20-27-15-4-3-5-16-27/h6,8-9,11-14,18H,3-5,7,10,15-17,19-20H2,1-2H3,(H,26,29). The summed E-state index contributed by atoms with van der Waals surface area (Å²) in [6.07, 6.45) is 5.82. The molecule has 3 rings (SSSR count). The van der Waals surface area contributed by atoms with Gasteiger partial charge in [-0.2, -0.15) is 0 Å². The average Bonchev–Trinajstić information content (AvgIpc) is 2.76. The van der Waals surface area contributed by atoms with E-state index in [4.69, 9.17) is 0 Å². The first-order chi connectivity index (χ1) is 15.3. The van der Waals surface area contributed by atoms with Crippen LogP contribution in [0.5, 0.6) is 0 Å². The van der Waals surface area contributed by atoms with Crippen molar-refractivity contribution in [3.8, 4) is 0 Å². The van der Waals surface area contributed by atoms with Crippen LogP contribution in [0.1, 0.15) is 48.8 Å². The summed E-state index contributed by atoms with van der Waals surface area (Å²) < 4.78 is 25.8. The van der Waals surface area contributed by atoms with E-state index in [-0.39, 0.29) is 18.9 Å². The molecule has 6 nitrogen and oxygen atoms in total. The third-order valence-electron chi connectivity index (χ3n) is 5.82. The van der Waals surface area contributed by atoms with Crippen molar-refractivity contribution in [3.63, 3.8) is 0 Å². The lowest BCUT2D eigenvalue weighted by Gasteiger charge is -2.26. The zero-order valence-electron chi connectivity index (χ0n) is 19.2. The van der Waals surface area contributed by atoms with Gasteiger partial charge in [-0.3, -0.25) is 14.0 Å². The number of aryl methyl sites for hydroxylation is 1. The largest absolute Gasteiger partial charge is 0.352 e. The van der Waals surface area contributed by atoms with E-state index in [1.165, 1.54) is 35.4 Å². The molecule has 0 aromatic heterocycles. The molecule has 174 valence electrons. The van der Waals surface area contributed by atoms with Gasteiger partial charge in [-0.25, -0.2) is 8.42 Å². The van der Waals surface area contributed by atoms with Crippen molar-refractivity contribution in [2.75, 3.05) is 30.2 Å². The van der Waals surface area contributed by atoms with Crippen LogP contribution < -0.4 is 9.62 Å². The summed E-state index contributed by atoms with van der Waals surface area (Å²) in [5.74, 6) is -0.0659. The highest BCUT2D eigenvalue weighted by molar-refractivity contribution is 7.92. The topological polar surface area (TPSA) is 69.7 Å². The van der Waals surface area contributed by atoms with Crippen LogP contribution in [-0.2, 0) is 27.9 Å². The Hall–Kier alpha value is -2.38. The zero-order valence-corrected chi connectivity index (χ0v) is 20.0. The van der Waals surface area contributed by atoms with Crippen LogP contribution in [0, 0.1) is 6.92 Å². The Kier molecular flexibility index (Phi) is 8.70. The highest BCUT2D eigenvalue weighted by Crippen LogP contribution is 2.19. The molecule has 1 amide bonds. The summed E-state index contributed by atoms with van der Waals surface area (Å²) in [6.45, 7) is 6.01. The van der Waals surface area contributed by atoms with Crippen LogP contribution >= 0.6 is 0 Å². The quantitative estimate of drug-likeness (QED) is 0.588. The Morgan fingerprint density at radius 3 is 2.41 bits per heavy atom. The highest BCUT2D eigenvalue weighted by atomic mass is 32.2. The maximum Gasteiger partial charge on any atom is 0.232 e. The van der Waals surface area contributed by atoms with E-state index in [1.807, 2.05) is 31.2 Å². The van der Waals surface area contributed by atoms with Gasteiger partial charge in [0.2, 0.25) is 15.9 Å². The highest BCUT2D eigenvalue weighted by Gasteiger charge is 2.17. The summed E-state index contributed by atoms with van der Waals surface area (Å²) in [5, 5.41) is 2.97. The van der Waals surface area contributed by atoms with E-state index in [0.717, 1.165) is 30.8 Å². The first-order valence-electron chi connectivity index (χ1n) is 11.4. The molecule has 1 heterocycles. The number of amides is 1. The predicted octanol–water partition coefficient (Wildman–Crippen LogP) is 3.84. The second-order valence-corrected chi connectivity index (χ2v) is 10.6. The molecule has 0 atom stereocenters. The van der Waals surface area contributed by atoms with E-state index >= 15 is 0 Å². The summed E-state index contributed by atoms with van der Waals surface area (Å²) in [5.41, 5.74) is 4.07. The van der Waals surface area contributed by atoms with Crippen molar-refractivity contribution in [1.82, 2.24) is 10.2 Å². The lowest BCUT2D eigenvalue weighted by molar-refractivity contribution is -0.121. The smallest absolute Gasteiger partial charge is 0.232 e. The SMILES string of the molecule is Cc1ccc(N(CCCC(=O)NCc2cccc(CN3CCCCC3)c2)S(C)(=O)=O)cc1. The molecule has 1 aliphatic rings. The Morgan fingerprint density at radius 2 is 1.72 bits per heavy atom. The number of likely N-dealkylation sites (tertiary alicyclic amines) is 1. The third kappa shape index (κ3) is 7.64. The molecule has 1 saturated heterocycles. The fraction of sp³-hybridized carbons (Fsp3) is 0.480. The number of nitrogens with zero attached hydrogens (tertiary/aromatic N) is 2. The van der Waals surface area contributed by atoms with Crippen molar-refractivity contribution in [1.29, 1.82) is 0 Å². The van der Waals surface area contributed by atoms with Crippen LogP contribution in [0.15, 0.2) is 48.5 Å². The van der Waals surface area contributed by atoms with Gasteiger partial charge < -0.3 is 5.32 Å². The molecular formula is C25H35N3O3S. The van der Waals surface area contributed by atoms with Gasteiger partial charge in [0.25, 0.3) is 0 Å². The number of rotatable bonds is 10. The number of piperidine rings is 1. The second kappa shape index (κ2) is 11.5. The maximum atomic E-state index is 12.3. The van der Waals surface area contributed by atoms with Crippen molar-refractivity contribution < 1.29 is 13.2 Å². The molecule has 1 fully saturated rings. The Bertz CT molecular complexity index is 984. The van der Waals surface area contributed by atoms with Crippen LogP contribution in [-0.4, -0.2) is 45.1 Å². The van der Waals surface area contributed by atoms with E-state index in [2.05, 4.69) is 22.3 Å². The lowest BCUT2D eigenvalue weighted by atomic mass is 10.1. The first kappa shape index (κ1) is 24.3. The predicted molar refractivity (Wildman–Crippen MR) is 130 cm³/mol. The molecule has 7 heteroatoms. The normalized spacial score (nSPS) is 14.8. The number of benzene rings is 2. The molecule has 0 spiro atoms. The lowest BCUT2D eigenvalue weighted by Crippen LogP contribution is -2.32. The molecule has 2 aromatic rings. The zero-order chi connectivity index (χ0) is 23.0. The van der Waals surface area contributed by atoms with Crippen molar-refractivity contribution >= 4 is 21.6 Å². The number of hydrogen-bond acceptors (Lipinski definition) is 4. The van der Waals surface area contributed by atoms with E-state index in [9.17, 15) is 13.2 Å². The molecule has 0 radical (unpaired) electrons. The van der Waals surface area contributed by atoms with Crippen LogP contribution in [0.4, 0.5) is 5.69 Å². The van der Waals surface area contributed by atoms with Gasteiger partial charge in [-0.05, 0) is 62.5 Å². The van der Waals surface area contributed by atoms with E-state index in [1.54, 1.807) is 12.1 Å². The number of anilines is 1. The molecule has 32 heavy (non-hydrogen) atoms. The molecular weight excluding hydrogens is 422 g/mol. The fourth-order valence-corrected chi connectivity index (χ4v) is 5.05. The Balaban J connectivity index is 1.46. The maximum absolute atomic E-state index is 12.3. The summed E-state index contributed by atoms with van der Waals surface area (Å²) in [4.78, 5) is 14.8. The van der Waals surface area contributed by atoms with Gasteiger partial charge in [-0.15, -0.1) is 0 Å². The number of carbonyl (C=O) groups excluding carboxylic acids is 1. The average molecular weight is 458 g/mol. The minimum atomic E-state index is -3.40. The Labute approximate surface area is 192 Å². The Morgan fingerprint density at radius 1 is 1.03 bits per heavy atom. The minimum absolute atomic E-state index is 0.0659. The van der Waals surface area contributed by atoms with Crippen LogP contribution in [0.25, 0.3) is 0 Å². The first-order valence-corrected chi connectivity index (χ1v) is 13.3. The minimum Gasteiger partial charge on any atom is -0.352 e. The summed E-state index contributed by atoms with van der Waals surface area (Å²) in [6, 6.07) is 15.8. The van der Waals surface area contributed by atoms with E-state index < -0.39 is 10.0 Å². The molecule has 0 unspecified atom stereocenters. The number of carbonyl (C=O) groups is 1. The molecule has 0 aliphatic carbocycles. The van der Waals surface area contributed by atoms with Gasteiger partial charge >= 0.3 is 0 Å². The number of sulfonamides is 1. The van der Waals surface area contributed by atoms with Crippen molar-refractivity contribution in [3.05, 3.63) is 65.2 Å². The fourth-order valence-electron chi connectivity index (χ4n) is 4.08. The van der Waals surface area contributed by atoms with Crippen LogP contribution in [0.2, 0.25) is 0 Å². The van der Waals surface area contributed by atoms with Crippen molar-refractivity contribution in [2.24, 2.45) is 0 Å².